The van der Waals surface area contributed by atoms with Crippen molar-refractivity contribution in [2.75, 3.05) is 0 Å². The number of nitrogens with zero attached hydrogens (tertiary/aromatic N) is 2. The molecule has 0 radical (unpaired) electrons. The Morgan fingerprint density at radius 2 is 1.24 bits per heavy atom. The van der Waals surface area contributed by atoms with Gasteiger partial charge in [0.15, 0.2) is 0 Å². The van der Waals surface area contributed by atoms with E-state index in [9.17, 15) is 0 Å². The summed E-state index contributed by atoms with van der Waals surface area (Å²) in [6.07, 6.45) is 18.3. The quantitative estimate of drug-likeness (QED) is 0.115. The maximum absolute atomic E-state index is 4.69. The molecule has 0 spiro atoms. The van der Waals surface area contributed by atoms with Crippen LogP contribution in [0.15, 0.2) is 183 Å². The third-order valence-corrected chi connectivity index (χ3v) is 11.2. The SMILES string of the molecule is C=Cc1c(/C=C\C)n(-c2cc(/C(C)=C/C=C\CC)cc(-c3ccccc3)c2)c2ccc(C(=C)/C=c3\c(=C/C)n(-c4cccc(-c5ccccc5)c4)c4ccccc34)cc12.CC.CC. The van der Waals surface area contributed by atoms with Crippen molar-refractivity contribution in [2.24, 2.45) is 0 Å². The zero-order valence-corrected chi connectivity index (χ0v) is 38.5. The molecule has 6 aromatic carbocycles. The van der Waals surface area contributed by atoms with Gasteiger partial charge in [-0.15, -0.1) is 0 Å². The fourth-order valence-corrected chi connectivity index (χ4v) is 8.27. The zero-order valence-electron chi connectivity index (χ0n) is 38.5. The monoisotopic (exact) mass is 822 g/mol. The van der Waals surface area contributed by atoms with E-state index >= 15 is 0 Å². The van der Waals surface area contributed by atoms with Crippen LogP contribution >= 0.6 is 0 Å². The summed E-state index contributed by atoms with van der Waals surface area (Å²) in [6.45, 7) is 25.6. The molecule has 0 aliphatic heterocycles. The Bertz CT molecular complexity index is 3070. The Kier molecular flexibility index (Phi) is 15.5. The average molecular weight is 823 g/mol. The van der Waals surface area contributed by atoms with Gasteiger partial charge in [0.05, 0.1) is 16.7 Å². The van der Waals surface area contributed by atoms with Crippen LogP contribution in [0.4, 0.5) is 0 Å². The first kappa shape index (κ1) is 45.4. The maximum atomic E-state index is 4.69. The second-order valence-electron chi connectivity index (χ2n) is 14.9. The van der Waals surface area contributed by atoms with Crippen molar-refractivity contribution in [1.82, 2.24) is 9.13 Å². The van der Waals surface area contributed by atoms with Crippen molar-refractivity contribution in [2.45, 2.75) is 61.8 Å². The highest BCUT2D eigenvalue weighted by Crippen LogP contribution is 2.36. The second-order valence-corrected chi connectivity index (χ2v) is 14.9. The topological polar surface area (TPSA) is 9.86 Å². The molecule has 0 fully saturated rings. The summed E-state index contributed by atoms with van der Waals surface area (Å²) in [5, 5.41) is 4.60. The average Bonchev–Trinajstić information content (AvgIpc) is 3.84. The highest BCUT2D eigenvalue weighted by molar-refractivity contribution is 6.00. The van der Waals surface area contributed by atoms with Crippen LogP contribution in [-0.4, -0.2) is 9.13 Å². The van der Waals surface area contributed by atoms with Crippen molar-refractivity contribution >= 4 is 57.3 Å². The Balaban J connectivity index is 0.00000161. The molecule has 0 saturated carbocycles. The van der Waals surface area contributed by atoms with E-state index in [1.165, 1.54) is 38.8 Å². The van der Waals surface area contributed by atoms with Gasteiger partial charge in [0, 0.05) is 38.3 Å². The molecular formula is C61H62N2. The van der Waals surface area contributed by atoms with Crippen LogP contribution in [-0.2, 0) is 0 Å². The molecule has 8 rings (SSSR count). The van der Waals surface area contributed by atoms with Crippen LogP contribution in [0.2, 0.25) is 0 Å². The number of benzene rings is 6. The molecular weight excluding hydrogens is 761 g/mol. The van der Waals surface area contributed by atoms with E-state index in [1.807, 2.05) is 33.8 Å². The molecule has 2 heterocycles. The maximum Gasteiger partial charge on any atom is 0.0541 e. The number of aromatic nitrogens is 2. The molecule has 0 aliphatic carbocycles. The van der Waals surface area contributed by atoms with Crippen LogP contribution in [0.1, 0.15) is 84.2 Å². The summed E-state index contributed by atoms with van der Waals surface area (Å²) in [7, 11) is 0. The van der Waals surface area contributed by atoms with E-state index in [4.69, 9.17) is 6.58 Å². The summed E-state index contributed by atoms with van der Waals surface area (Å²) in [4.78, 5) is 0. The minimum atomic E-state index is 0.945. The number of fused-ring (bicyclic) bond motifs is 2. The van der Waals surface area contributed by atoms with Crippen LogP contribution in [0, 0.1) is 0 Å². The van der Waals surface area contributed by atoms with E-state index in [1.54, 1.807) is 0 Å². The Hall–Kier alpha value is -7.16. The fraction of sp³-hybridized carbons (Fsp3) is 0.148. The van der Waals surface area contributed by atoms with E-state index in [2.05, 4.69) is 232 Å². The second kappa shape index (κ2) is 21.6. The van der Waals surface area contributed by atoms with Crippen LogP contribution in [0.5, 0.6) is 0 Å². The molecule has 8 aromatic rings. The number of para-hydroxylation sites is 1. The smallest absolute Gasteiger partial charge is 0.0541 e. The van der Waals surface area contributed by atoms with Gasteiger partial charge in [0.25, 0.3) is 0 Å². The van der Waals surface area contributed by atoms with E-state index < -0.39 is 0 Å². The van der Waals surface area contributed by atoms with Gasteiger partial charge < -0.3 is 9.13 Å². The molecule has 2 nitrogen and oxygen atoms in total. The molecule has 63 heavy (non-hydrogen) atoms. The highest BCUT2D eigenvalue weighted by atomic mass is 15.0. The highest BCUT2D eigenvalue weighted by Gasteiger charge is 2.18. The van der Waals surface area contributed by atoms with Gasteiger partial charge in [0.2, 0.25) is 0 Å². The lowest BCUT2D eigenvalue weighted by atomic mass is 9.98. The summed E-state index contributed by atoms with van der Waals surface area (Å²) in [5.74, 6) is 0. The van der Waals surface area contributed by atoms with Gasteiger partial charge in [-0.05, 0) is 132 Å². The first-order valence-corrected chi connectivity index (χ1v) is 22.5. The predicted octanol–water partition coefficient (Wildman–Crippen LogP) is 16.3. The fourth-order valence-electron chi connectivity index (χ4n) is 8.27. The van der Waals surface area contributed by atoms with Crippen molar-refractivity contribution in [3.8, 4) is 33.6 Å². The van der Waals surface area contributed by atoms with E-state index in [-0.39, 0.29) is 0 Å². The molecule has 2 heteroatoms. The predicted molar refractivity (Wildman–Crippen MR) is 281 cm³/mol. The number of rotatable bonds is 11. The van der Waals surface area contributed by atoms with Gasteiger partial charge in [-0.25, -0.2) is 0 Å². The van der Waals surface area contributed by atoms with Crippen molar-refractivity contribution in [3.63, 3.8) is 0 Å². The number of hydrogen-bond acceptors (Lipinski definition) is 0. The van der Waals surface area contributed by atoms with Gasteiger partial charge in [-0.3, -0.25) is 0 Å². The van der Waals surface area contributed by atoms with Crippen molar-refractivity contribution in [3.05, 3.63) is 216 Å². The molecule has 0 aliphatic rings. The lowest BCUT2D eigenvalue weighted by molar-refractivity contribution is 1.07. The Morgan fingerprint density at radius 1 is 0.603 bits per heavy atom. The summed E-state index contributed by atoms with van der Waals surface area (Å²) in [5.41, 5.74) is 15.8. The first-order chi connectivity index (χ1) is 30.9. The third-order valence-electron chi connectivity index (χ3n) is 11.2. The normalized spacial score (nSPS) is 12.2. The number of hydrogen-bond donors (Lipinski definition) is 0. The first-order valence-electron chi connectivity index (χ1n) is 22.5. The summed E-state index contributed by atoms with van der Waals surface area (Å²) >= 11 is 0. The van der Waals surface area contributed by atoms with Gasteiger partial charge in [-0.2, -0.15) is 0 Å². The molecule has 0 N–H and O–H groups in total. The number of allylic oxidation sites excluding steroid dienone is 6. The zero-order chi connectivity index (χ0) is 44.9. The molecule has 0 bridgehead atoms. The third kappa shape index (κ3) is 9.52. The van der Waals surface area contributed by atoms with Crippen molar-refractivity contribution in [1.29, 1.82) is 0 Å². The molecule has 0 saturated heterocycles. The van der Waals surface area contributed by atoms with E-state index in [0.717, 1.165) is 67.2 Å². The minimum Gasteiger partial charge on any atom is -0.310 e. The van der Waals surface area contributed by atoms with Crippen molar-refractivity contribution < 1.29 is 0 Å². The van der Waals surface area contributed by atoms with Gasteiger partial charge in [0.1, 0.15) is 0 Å². The molecule has 0 unspecified atom stereocenters. The van der Waals surface area contributed by atoms with Crippen LogP contribution < -0.4 is 10.6 Å². The standard InChI is InChI=1S/C57H50N2.2C2H6/c1-7-11-14-23-40(5)46-35-47(43-26-17-13-18-27-43)38-49(37-46)59-55(22-8-2)50(9-3)53-39-44(32-33-57(53)59)41(6)34-52-51-30-19-20-31-56(51)58(54(52)10-4)48-29-21-28-45(36-48)42-24-15-12-16-25-42;2*1-2/h8-39H,3,6-7H2,1-2,4-5H3;2*1-2H3/b14-11-,22-8-,40-23+,52-34-,54-10+;;. The lowest BCUT2D eigenvalue weighted by Gasteiger charge is -2.15. The Morgan fingerprint density at radius 3 is 1.90 bits per heavy atom. The van der Waals surface area contributed by atoms with E-state index in [0.29, 0.717) is 0 Å². The van der Waals surface area contributed by atoms with Gasteiger partial charge >= 0.3 is 0 Å². The minimum absolute atomic E-state index is 0.945. The summed E-state index contributed by atoms with van der Waals surface area (Å²) < 4.78 is 4.76. The Labute approximate surface area is 376 Å². The van der Waals surface area contributed by atoms with Gasteiger partial charge in [-0.1, -0.05) is 181 Å². The molecule has 2 aromatic heterocycles. The molecule has 0 amide bonds. The lowest BCUT2D eigenvalue weighted by Crippen LogP contribution is -2.28. The molecule has 0 atom stereocenters. The van der Waals surface area contributed by atoms with Crippen LogP contribution in [0.3, 0.4) is 0 Å². The molecule has 316 valence electrons. The largest absolute Gasteiger partial charge is 0.310 e. The van der Waals surface area contributed by atoms with Crippen LogP contribution in [0.25, 0.3) is 90.9 Å². The summed E-state index contributed by atoms with van der Waals surface area (Å²) in [6, 6.07) is 52.4.